The fourth-order valence-corrected chi connectivity index (χ4v) is 4.71. The molecular formula is C20H18N4O2S2. The lowest BCUT2D eigenvalue weighted by Gasteiger charge is -2.07. The van der Waals surface area contributed by atoms with Crippen molar-refractivity contribution in [1.82, 2.24) is 15.3 Å². The lowest BCUT2D eigenvalue weighted by Crippen LogP contribution is -2.23. The van der Waals surface area contributed by atoms with E-state index in [1.165, 1.54) is 29.3 Å². The van der Waals surface area contributed by atoms with Gasteiger partial charge >= 0.3 is 0 Å². The van der Waals surface area contributed by atoms with Crippen LogP contribution in [0.25, 0.3) is 10.9 Å². The number of thiophene rings is 1. The molecule has 1 N–H and O–H groups in total. The standard InChI is InChI=1S/C20H18N4O2S2/c1-11-6-15-14(7-13(8-21)9-23-15)20(24-11)27-10-16(25)18-5-4-17(28-18)12(2)19(26)22-3/h4-7,9,12H,10H2,1-3H3,(H,22,26). The van der Waals surface area contributed by atoms with Gasteiger partial charge in [-0.2, -0.15) is 5.26 Å². The average molecular weight is 411 g/mol. The van der Waals surface area contributed by atoms with Crippen molar-refractivity contribution in [3.63, 3.8) is 0 Å². The Morgan fingerprint density at radius 2 is 2.14 bits per heavy atom. The Balaban J connectivity index is 1.79. The fourth-order valence-electron chi connectivity index (χ4n) is 2.67. The van der Waals surface area contributed by atoms with Crippen LogP contribution in [0.4, 0.5) is 0 Å². The first-order valence-corrected chi connectivity index (χ1v) is 10.4. The minimum atomic E-state index is -0.290. The number of carbonyl (C=O) groups is 2. The number of likely N-dealkylation sites (N-methyl/N-ethyl adjacent to an activating group) is 1. The average Bonchev–Trinajstić information content (AvgIpc) is 3.20. The fraction of sp³-hybridized carbons (Fsp3) is 0.250. The number of thioether (sulfide) groups is 1. The van der Waals surface area contributed by atoms with Crippen LogP contribution in [0.5, 0.6) is 0 Å². The molecular weight excluding hydrogens is 392 g/mol. The van der Waals surface area contributed by atoms with Crippen LogP contribution in [-0.4, -0.2) is 34.5 Å². The lowest BCUT2D eigenvalue weighted by molar-refractivity contribution is -0.121. The van der Waals surface area contributed by atoms with E-state index in [1.54, 1.807) is 19.2 Å². The molecule has 1 atom stereocenters. The van der Waals surface area contributed by atoms with Gasteiger partial charge in [0.1, 0.15) is 11.1 Å². The molecule has 1 amide bonds. The molecule has 0 bridgehead atoms. The first-order valence-electron chi connectivity index (χ1n) is 8.57. The molecule has 3 rings (SSSR count). The minimum absolute atomic E-state index is 0.0220. The number of aromatic nitrogens is 2. The number of rotatable bonds is 6. The van der Waals surface area contributed by atoms with Crippen LogP contribution in [0, 0.1) is 18.3 Å². The normalized spacial score (nSPS) is 11.8. The predicted octanol–water partition coefficient (Wildman–Crippen LogP) is 3.70. The van der Waals surface area contributed by atoms with Crippen LogP contribution in [0.15, 0.2) is 35.5 Å². The third-order valence-electron chi connectivity index (χ3n) is 4.21. The van der Waals surface area contributed by atoms with E-state index in [0.717, 1.165) is 21.5 Å². The van der Waals surface area contributed by atoms with Gasteiger partial charge in [-0.15, -0.1) is 11.3 Å². The first kappa shape index (κ1) is 20.0. The maximum absolute atomic E-state index is 12.6. The first-order chi connectivity index (χ1) is 13.4. The van der Waals surface area contributed by atoms with Gasteiger partial charge < -0.3 is 5.32 Å². The summed E-state index contributed by atoms with van der Waals surface area (Å²) in [5.41, 5.74) is 2.01. The molecule has 1 unspecified atom stereocenters. The van der Waals surface area contributed by atoms with Crippen molar-refractivity contribution in [1.29, 1.82) is 5.26 Å². The van der Waals surface area contributed by atoms with Crippen LogP contribution < -0.4 is 5.32 Å². The van der Waals surface area contributed by atoms with E-state index in [4.69, 9.17) is 5.26 Å². The van der Waals surface area contributed by atoms with Gasteiger partial charge in [-0.1, -0.05) is 11.8 Å². The van der Waals surface area contributed by atoms with Gasteiger partial charge in [-0.25, -0.2) is 4.98 Å². The summed E-state index contributed by atoms with van der Waals surface area (Å²) in [6, 6.07) is 9.27. The molecule has 6 nitrogen and oxygen atoms in total. The maximum atomic E-state index is 12.6. The molecule has 28 heavy (non-hydrogen) atoms. The number of hydrogen-bond acceptors (Lipinski definition) is 7. The Labute approximate surface area is 171 Å². The Bertz CT molecular complexity index is 1100. The Morgan fingerprint density at radius 1 is 1.36 bits per heavy atom. The van der Waals surface area contributed by atoms with Gasteiger partial charge in [0.15, 0.2) is 5.78 Å². The summed E-state index contributed by atoms with van der Waals surface area (Å²) in [7, 11) is 1.60. The maximum Gasteiger partial charge on any atom is 0.227 e. The summed E-state index contributed by atoms with van der Waals surface area (Å²) in [4.78, 5) is 34.7. The molecule has 0 saturated carbocycles. The third kappa shape index (κ3) is 4.21. The molecule has 0 aliphatic carbocycles. The second kappa shape index (κ2) is 8.50. The highest BCUT2D eigenvalue weighted by atomic mass is 32.2. The summed E-state index contributed by atoms with van der Waals surface area (Å²) in [6.07, 6.45) is 1.53. The predicted molar refractivity (Wildman–Crippen MR) is 111 cm³/mol. The van der Waals surface area contributed by atoms with Crippen molar-refractivity contribution in [2.75, 3.05) is 12.8 Å². The summed E-state index contributed by atoms with van der Waals surface area (Å²) < 4.78 is 0. The third-order valence-corrected chi connectivity index (χ3v) is 6.51. The van der Waals surface area contributed by atoms with Crippen molar-refractivity contribution >= 4 is 45.7 Å². The summed E-state index contributed by atoms with van der Waals surface area (Å²) in [5, 5.41) is 13.2. The molecule has 0 spiro atoms. The van der Waals surface area contributed by atoms with Crippen LogP contribution >= 0.6 is 23.1 Å². The van der Waals surface area contributed by atoms with E-state index >= 15 is 0 Å². The number of nitriles is 1. The number of ketones is 1. The largest absolute Gasteiger partial charge is 0.359 e. The molecule has 3 heterocycles. The molecule has 3 aromatic rings. The second-order valence-electron chi connectivity index (χ2n) is 6.22. The SMILES string of the molecule is CNC(=O)C(C)c1ccc(C(=O)CSc2nc(C)cc3ncc(C#N)cc23)s1. The number of Topliss-reactive ketones (excluding diaryl/α,β-unsaturated/α-hetero) is 1. The molecule has 8 heteroatoms. The lowest BCUT2D eigenvalue weighted by atomic mass is 10.1. The van der Waals surface area contributed by atoms with Gasteiger partial charge in [-0.05, 0) is 38.1 Å². The number of fused-ring (bicyclic) bond motifs is 1. The molecule has 0 aliphatic rings. The number of aryl methyl sites for hydroxylation is 1. The van der Waals surface area contributed by atoms with Gasteiger partial charge in [0.25, 0.3) is 0 Å². The number of pyridine rings is 2. The highest BCUT2D eigenvalue weighted by molar-refractivity contribution is 8.00. The molecule has 0 saturated heterocycles. The number of nitrogens with zero attached hydrogens (tertiary/aromatic N) is 3. The van der Waals surface area contributed by atoms with Crippen molar-refractivity contribution in [2.45, 2.75) is 24.8 Å². The van der Waals surface area contributed by atoms with E-state index in [0.29, 0.717) is 15.5 Å². The van der Waals surface area contributed by atoms with Crippen LogP contribution in [0.1, 0.15) is 38.6 Å². The van der Waals surface area contributed by atoms with Gasteiger partial charge in [0.2, 0.25) is 5.91 Å². The monoisotopic (exact) mass is 410 g/mol. The Kier molecular flexibility index (Phi) is 6.07. The van der Waals surface area contributed by atoms with Gasteiger partial charge in [-0.3, -0.25) is 14.6 Å². The highest BCUT2D eigenvalue weighted by Crippen LogP contribution is 2.29. The zero-order chi connectivity index (χ0) is 20.3. The van der Waals surface area contributed by atoms with Crippen LogP contribution in [0.2, 0.25) is 0 Å². The van der Waals surface area contributed by atoms with E-state index in [-0.39, 0.29) is 23.4 Å². The van der Waals surface area contributed by atoms with E-state index in [1.807, 2.05) is 26.0 Å². The molecule has 142 valence electrons. The molecule has 0 aromatic carbocycles. The number of carbonyl (C=O) groups excluding carboxylic acids is 2. The molecule has 0 radical (unpaired) electrons. The highest BCUT2D eigenvalue weighted by Gasteiger charge is 2.18. The van der Waals surface area contributed by atoms with Crippen molar-refractivity contribution in [3.8, 4) is 6.07 Å². The number of nitrogens with one attached hydrogen (secondary N) is 1. The minimum Gasteiger partial charge on any atom is -0.359 e. The van der Waals surface area contributed by atoms with Crippen LogP contribution in [0.3, 0.4) is 0 Å². The van der Waals surface area contributed by atoms with Gasteiger partial charge in [0, 0.05) is 29.2 Å². The van der Waals surface area contributed by atoms with Crippen molar-refractivity contribution in [3.05, 3.63) is 51.5 Å². The zero-order valence-electron chi connectivity index (χ0n) is 15.6. The number of amides is 1. The summed E-state index contributed by atoms with van der Waals surface area (Å²) in [6.45, 7) is 3.69. The second-order valence-corrected chi connectivity index (χ2v) is 8.30. The van der Waals surface area contributed by atoms with E-state index in [2.05, 4.69) is 21.4 Å². The van der Waals surface area contributed by atoms with Crippen LogP contribution in [-0.2, 0) is 4.79 Å². The zero-order valence-corrected chi connectivity index (χ0v) is 17.3. The Morgan fingerprint density at radius 3 is 2.86 bits per heavy atom. The van der Waals surface area contributed by atoms with E-state index < -0.39 is 0 Å². The molecule has 0 aliphatic heterocycles. The summed E-state index contributed by atoms with van der Waals surface area (Å²) in [5.74, 6) is -0.170. The quantitative estimate of drug-likeness (QED) is 0.492. The van der Waals surface area contributed by atoms with Gasteiger partial charge in [0.05, 0.1) is 27.6 Å². The topological polar surface area (TPSA) is 95.7 Å². The summed E-state index contributed by atoms with van der Waals surface area (Å²) >= 11 is 2.67. The smallest absolute Gasteiger partial charge is 0.227 e. The van der Waals surface area contributed by atoms with Crippen molar-refractivity contribution < 1.29 is 9.59 Å². The molecule has 3 aromatic heterocycles. The molecule has 0 fully saturated rings. The Hall–Kier alpha value is -2.76. The number of hydrogen-bond donors (Lipinski definition) is 1. The van der Waals surface area contributed by atoms with Crippen molar-refractivity contribution in [2.24, 2.45) is 0 Å². The van der Waals surface area contributed by atoms with E-state index in [9.17, 15) is 9.59 Å².